The predicted octanol–water partition coefficient (Wildman–Crippen LogP) is 13.9. The van der Waals surface area contributed by atoms with Gasteiger partial charge in [-0.2, -0.15) is 0 Å². The summed E-state index contributed by atoms with van der Waals surface area (Å²) < 4.78 is 0. The van der Waals surface area contributed by atoms with E-state index in [1.165, 1.54) is 95.0 Å². The molecule has 0 saturated carbocycles. The summed E-state index contributed by atoms with van der Waals surface area (Å²) >= 11 is 0. The Balaban J connectivity index is 1.08. The monoisotopic (exact) mass is 791 g/mol. The maximum absolute atomic E-state index is 2.59. The second-order valence-corrected chi connectivity index (χ2v) is 18.3. The SMILES string of the molecule is CC1(C)c2ccccc2N2c3ccc(-c4ccc(N(C5=CCCC=C5)C5=CC=CCC5)cc4)cc3C(C)(C)c3cc(N(C4=c5ccccc5=CCC4)c4ccccc4)cc1c32. The maximum Gasteiger partial charge on any atom is 0.0545 e. The zero-order valence-electron chi connectivity index (χ0n) is 35.8. The highest BCUT2D eigenvalue weighted by molar-refractivity contribution is 5.96. The van der Waals surface area contributed by atoms with Crippen molar-refractivity contribution in [1.82, 2.24) is 0 Å². The Bertz CT molecular complexity index is 2980. The Morgan fingerprint density at radius 2 is 1.21 bits per heavy atom. The van der Waals surface area contributed by atoms with Gasteiger partial charge in [0.1, 0.15) is 0 Å². The van der Waals surface area contributed by atoms with Gasteiger partial charge in [-0.25, -0.2) is 0 Å². The Kier molecular flexibility index (Phi) is 8.93. The lowest BCUT2D eigenvalue weighted by Crippen LogP contribution is -2.39. The summed E-state index contributed by atoms with van der Waals surface area (Å²) in [4.78, 5) is 7.61. The van der Waals surface area contributed by atoms with E-state index in [0.29, 0.717) is 0 Å². The molecule has 5 aliphatic rings. The second-order valence-electron chi connectivity index (χ2n) is 18.3. The van der Waals surface area contributed by atoms with Crippen LogP contribution in [0.25, 0.3) is 22.9 Å². The molecule has 0 atom stereocenters. The zero-order valence-corrected chi connectivity index (χ0v) is 35.8. The fraction of sp³-hybridized carbons (Fsp3) is 0.207. The molecule has 11 rings (SSSR count). The average molecular weight is 792 g/mol. The van der Waals surface area contributed by atoms with Crippen LogP contribution in [0.3, 0.4) is 0 Å². The number of fused-ring (bicyclic) bond motifs is 5. The summed E-state index contributed by atoms with van der Waals surface area (Å²) in [6.07, 6.45) is 22.4. The van der Waals surface area contributed by atoms with Crippen LogP contribution in [0.1, 0.15) is 88.5 Å². The Hall–Kier alpha value is -6.58. The van der Waals surface area contributed by atoms with E-state index < -0.39 is 0 Å². The molecule has 6 aromatic rings. The Morgan fingerprint density at radius 1 is 0.508 bits per heavy atom. The van der Waals surface area contributed by atoms with Crippen LogP contribution in [-0.2, 0) is 10.8 Å². The summed E-state index contributed by atoms with van der Waals surface area (Å²) in [6.45, 7) is 9.74. The fourth-order valence-electron chi connectivity index (χ4n) is 10.7. The van der Waals surface area contributed by atoms with Crippen LogP contribution in [0.2, 0.25) is 0 Å². The third-order valence-corrected chi connectivity index (χ3v) is 13.9. The molecule has 3 nitrogen and oxygen atoms in total. The summed E-state index contributed by atoms with van der Waals surface area (Å²) in [5.41, 5.74) is 18.8. The molecule has 3 aliphatic carbocycles. The largest absolute Gasteiger partial charge is 0.315 e. The molecule has 300 valence electrons. The van der Waals surface area contributed by atoms with Gasteiger partial charge in [0.2, 0.25) is 0 Å². The van der Waals surface area contributed by atoms with Crippen molar-refractivity contribution in [2.75, 3.05) is 14.7 Å². The van der Waals surface area contributed by atoms with Gasteiger partial charge in [0.25, 0.3) is 0 Å². The molecule has 0 fully saturated rings. The molecular weight excluding hydrogens is 739 g/mol. The molecule has 0 unspecified atom stereocenters. The first-order valence-electron chi connectivity index (χ1n) is 22.3. The van der Waals surface area contributed by atoms with Crippen LogP contribution < -0.4 is 25.1 Å². The van der Waals surface area contributed by atoms with Gasteiger partial charge in [-0.05, 0) is 144 Å². The van der Waals surface area contributed by atoms with Crippen molar-refractivity contribution in [1.29, 1.82) is 0 Å². The van der Waals surface area contributed by atoms with Gasteiger partial charge in [-0.1, -0.05) is 137 Å². The average Bonchev–Trinajstić information content (AvgIpc) is 3.30. The van der Waals surface area contributed by atoms with Crippen molar-refractivity contribution < 1.29 is 0 Å². The first-order valence-corrected chi connectivity index (χ1v) is 22.3. The minimum absolute atomic E-state index is 0.227. The lowest BCUT2D eigenvalue weighted by molar-refractivity contribution is 0.597. The van der Waals surface area contributed by atoms with Gasteiger partial charge in [-0.3, -0.25) is 0 Å². The molecule has 3 heteroatoms. The standard InChI is InChI=1S/C58H53N3/c1-57(2)49-28-16-17-29-54(49)61-55-36-33-42(40-31-34-46(35-32-40)59(43-21-8-5-9-22-43)44-23-10-6-11-24-44)37-50(55)58(3,4)52-39-47(38-51(57)56(52)61)60(45-25-12-7-13-26-45)53-30-18-20-41-19-14-15-27-48(41)53/h5,7-8,10,12-17,19-21,23-29,31-39H,6,9,11,18,22,30H2,1-4H3. The minimum Gasteiger partial charge on any atom is -0.315 e. The smallest absolute Gasteiger partial charge is 0.0545 e. The van der Waals surface area contributed by atoms with Gasteiger partial charge in [0.15, 0.2) is 0 Å². The molecule has 0 spiro atoms. The van der Waals surface area contributed by atoms with E-state index in [1.807, 2.05) is 0 Å². The number of rotatable bonds is 7. The predicted molar refractivity (Wildman–Crippen MR) is 258 cm³/mol. The van der Waals surface area contributed by atoms with E-state index in [9.17, 15) is 0 Å². The van der Waals surface area contributed by atoms with Crippen LogP contribution in [-0.4, -0.2) is 0 Å². The number of nitrogens with zero attached hydrogens (tertiary/aromatic N) is 3. The lowest BCUT2D eigenvalue weighted by atomic mass is 9.66. The van der Waals surface area contributed by atoms with Crippen molar-refractivity contribution in [3.8, 4) is 11.1 Å². The molecule has 0 N–H and O–H groups in total. The van der Waals surface area contributed by atoms with Gasteiger partial charge in [-0.15, -0.1) is 0 Å². The summed E-state index contributed by atoms with van der Waals surface area (Å²) in [5, 5.41) is 2.64. The number of allylic oxidation sites excluding steroid dienone is 7. The van der Waals surface area contributed by atoms with Crippen LogP contribution in [0, 0.1) is 0 Å². The molecule has 0 radical (unpaired) electrons. The normalized spacial score (nSPS) is 17.5. The maximum atomic E-state index is 2.59. The first-order chi connectivity index (χ1) is 29.8. The van der Waals surface area contributed by atoms with Crippen LogP contribution in [0.4, 0.5) is 34.1 Å². The van der Waals surface area contributed by atoms with E-state index in [1.54, 1.807) is 0 Å². The van der Waals surface area contributed by atoms with E-state index in [4.69, 9.17) is 0 Å². The fourth-order valence-corrected chi connectivity index (χ4v) is 10.7. The van der Waals surface area contributed by atoms with E-state index >= 15 is 0 Å². The topological polar surface area (TPSA) is 9.72 Å². The molecule has 0 bridgehead atoms. The Labute approximate surface area is 361 Å². The van der Waals surface area contributed by atoms with Crippen molar-refractivity contribution in [2.24, 2.45) is 0 Å². The van der Waals surface area contributed by atoms with E-state index in [-0.39, 0.29) is 10.8 Å². The molecular formula is C58H53N3. The molecule has 2 aliphatic heterocycles. The quantitative estimate of drug-likeness (QED) is 0.159. The molecule has 2 heterocycles. The third kappa shape index (κ3) is 6.08. The van der Waals surface area contributed by atoms with Crippen molar-refractivity contribution in [3.63, 3.8) is 0 Å². The van der Waals surface area contributed by atoms with Crippen molar-refractivity contribution >= 4 is 45.9 Å². The van der Waals surface area contributed by atoms with Gasteiger partial charge in [0, 0.05) is 50.2 Å². The molecule has 0 aromatic heterocycles. The van der Waals surface area contributed by atoms with Gasteiger partial charge >= 0.3 is 0 Å². The van der Waals surface area contributed by atoms with Crippen molar-refractivity contribution in [3.05, 3.63) is 214 Å². The van der Waals surface area contributed by atoms with Gasteiger partial charge < -0.3 is 14.7 Å². The third-order valence-electron chi connectivity index (χ3n) is 13.9. The highest BCUT2D eigenvalue weighted by Crippen LogP contribution is 2.61. The van der Waals surface area contributed by atoms with E-state index in [2.05, 4.69) is 218 Å². The highest BCUT2D eigenvalue weighted by Gasteiger charge is 2.46. The minimum atomic E-state index is -0.299. The molecule has 0 amide bonds. The number of anilines is 6. The number of benzene rings is 6. The lowest BCUT2D eigenvalue weighted by Gasteiger charge is -2.50. The van der Waals surface area contributed by atoms with Gasteiger partial charge in [0.05, 0.1) is 17.1 Å². The summed E-state index contributed by atoms with van der Waals surface area (Å²) in [6, 6.07) is 50.6. The highest BCUT2D eigenvalue weighted by atomic mass is 15.2. The zero-order chi connectivity index (χ0) is 41.3. The second kappa shape index (κ2) is 14.6. The van der Waals surface area contributed by atoms with Crippen molar-refractivity contribution in [2.45, 2.75) is 77.0 Å². The van der Waals surface area contributed by atoms with Crippen LogP contribution >= 0.6 is 0 Å². The van der Waals surface area contributed by atoms with Crippen LogP contribution in [0.5, 0.6) is 0 Å². The molecule has 6 aromatic carbocycles. The first kappa shape index (κ1) is 37.4. The van der Waals surface area contributed by atoms with E-state index in [0.717, 1.165) is 38.5 Å². The number of hydrogen-bond donors (Lipinski definition) is 0. The Morgan fingerprint density at radius 3 is 1.98 bits per heavy atom. The van der Waals surface area contributed by atoms with Crippen LogP contribution in [0.15, 0.2) is 181 Å². The summed E-state index contributed by atoms with van der Waals surface area (Å²) in [5.74, 6) is 0. The summed E-state index contributed by atoms with van der Waals surface area (Å²) in [7, 11) is 0. The number of hydrogen-bond acceptors (Lipinski definition) is 3. The molecule has 0 saturated heterocycles. The number of para-hydroxylation sites is 2. The molecule has 61 heavy (non-hydrogen) atoms.